The molecule has 6 nitrogen and oxygen atoms in total. The lowest BCUT2D eigenvalue weighted by Gasteiger charge is -2.32. The van der Waals surface area contributed by atoms with Crippen LogP contribution in [-0.2, 0) is 17.8 Å². The minimum atomic E-state index is -4.45. The molecule has 0 saturated carbocycles. The molecule has 0 radical (unpaired) electrons. The molecule has 0 bridgehead atoms. The first kappa shape index (κ1) is 17.2. The number of fused-ring (bicyclic) bond motifs is 1. The fourth-order valence-corrected chi connectivity index (χ4v) is 2.51. The van der Waals surface area contributed by atoms with Crippen molar-refractivity contribution in [1.82, 2.24) is 10.2 Å². The molecular weight excluding hydrogens is 315 g/mol. The van der Waals surface area contributed by atoms with Crippen LogP contribution in [0.2, 0.25) is 0 Å². The van der Waals surface area contributed by atoms with Gasteiger partial charge < -0.3 is 5.32 Å². The van der Waals surface area contributed by atoms with Crippen LogP contribution in [0.4, 0.5) is 18.9 Å². The third kappa shape index (κ3) is 4.41. The van der Waals surface area contributed by atoms with Crippen molar-refractivity contribution in [2.75, 3.05) is 13.1 Å². The number of nitro groups is 1. The number of carbonyl (C=O) groups excluding carboxylic acids is 1. The van der Waals surface area contributed by atoms with Crippen LogP contribution in [0.1, 0.15) is 18.1 Å². The summed E-state index contributed by atoms with van der Waals surface area (Å²) in [5.74, 6) is -0.712. The summed E-state index contributed by atoms with van der Waals surface area (Å²) >= 11 is 0. The Labute approximate surface area is 130 Å². The van der Waals surface area contributed by atoms with Gasteiger partial charge in [-0.15, -0.1) is 0 Å². The Bertz CT molecular complexity index is 619. The van der Waals surface area contributed by atoms with E-state index in [1.165, 1.54) is 19.1 Å². The van der Waals surface area contributed by atoms with Crippen molar-refractivity contribution in [2.45, 2.75) is 32.1 Å². The lowest BCUT2D eigenvalue weighted by atomic mass is 9.98. The number of halogens is 3. The Morgan fingerprint density at radius 2 is 2.13 bits per heavy atom. The summed E-state index contributed by atoms with van der Waals surface area (Å²) < 4.78 is 36.4. The zero-order chi connectivity index (χ0) is 17.2. The van der Waals surface area contributed by atoms with Crippen LogP contribution < -0.4 is 5.32 Å². The molecule has 1 amide bonds. The maximum absolute atomic E-state index is 12.1. The summed E-state index contributed by atoms with van der Waals surface area (Å²) in [7, 11) is 0. The van der Waals surface area contributed by atoms with Crippen molar-refractivity contribution in [2.24, 2.45) is 0 Å². The lowest BCUT2D eigenvalue weighted by Crippen LogP contribution is -2.48. The van der Waals surface area contributed by atoms with E-state index in [0.29, 0.717) is 13.0 Å². The van der Waals surface area contributed by atoms with Gasteiger partial charge in [-0.2, -0.15) is 13.2 Å². The van der Waals surface area contributed by atoms with Gasteiger partial charge in [0.15, 0.2) is 0 Å². The third-order valence-electron chi connectivity index (χ3n) is 3.83. The fraction of sp³-hybridized carbons (Fsp3) is 0.500. The maximum Gasteiger partial charge on any atom is 0.405 e. The molecule has 1 heterocycles. The highest BCUT2D eigenvalue weighted by molar-refractivity contribution is 5.81. The first-order valence-electron chi connectivity index (χ1n) is 7.02. The minimum absolute atomic E-state index is 0.0419. The fourth-order valence-electron chi connectivity index (χ4n) is 2.51. The summed E-state index contributed by atoms with van der Waals surface area (Å²) in [5, 5.41) is 12.7. The van der Waals surface area contributed by atoms with Crippen molar-refractivity contribution < 1.29 is 22.9 Å². The van der Waals surface area contributed by atoms with E-state index >= 15 is 0 Å². The van der Waals surface area contributed by atoms with Gasteiger partial charge in [0.2, 0.25) is 5.91 Å². The molecule has 0 aliphatic carbocycles. The molecule has 0 unspecified atom stereocenters. The monoisotopic (exact) mass is 331 g/mol. The zero-order valence-electron chi connectivity index (χ0n) is 12.4. The van der Waals surface area contributed by atoms with Crippen LogP contribution >= 0.6 is 0 Å². The molecule has 0 spiro atoms. The standard InChI is InChI=1S/C14H16F3N3O3/c1-9(13(21)18-8-14(15,16)17)19-5-4-10-2-3-12(20(22)23)6-11(10)7-19/h2-3,6,9H,4-5,7-8H2,1H3,(H,18,21)/t9-/m1/s1. The van der Waals surface area contributed by atoms with Crippen LogP contribution in [0.15, 0.2) is 18.2 Å². The molecule has 0 aromatic heterocycles. The normalized spacial score (nSPS) is 16.5. The number of carbonyl (C=O) groups is 1. The third-order valence-corrected chi connectivity index (χ3v) is 3.83. The van der Waals surface area contributed by atoms with E-state index in [2.05, 4.69) is 0 Å². The van der Waals surface area contributed by atoms with Gasteiger partial charge >= 0.3 is 6.18 Å². The van der Waals surface area contributed by atoms with Gasteiger partial charge in [-0.3, -0.25) is 19.8 Å². The predicted molar refractivity (Wildman–Crippen MR) is 75.7 cm³/mol. The van der Waals surface area contributed by atoms with E-state index in [0.717, 1.165) is 11.1 Å². The summed E-state index contributed by atoms with van der Waals surface area (Å²) in [6, 6.07) is 3.80. The molecular formula is C14H16F3N3O3. The Morgan fingerprint density at radius 1 is 1.43 bits per heavy atom. The first-order valence-corrected chi connectivity index (χ1v) is 7.02. The van der Waals surface area contributed by atoms with Crippen LogP contribution in [0, 0.1) is 10.1 Å². The molecule has 1 aromatic rings. The van der Waals surface area contributed by atoms with Gasteiger partial charge in [-0.05, 0) is 24.5 Å². The Kier molecular flexibility index (Phi) is 4.88. The van der Waals surface area contributed by atoms with E-state index in [4.69, 9.17) is 0 Å². The van der Waals surface area contributed by atoms with Gasteiger partial charge in [-0.25, -0.2) is 0 Å². The number of hydrogen-bond donors (Lipinski definition) is 1. The Morgan fingerprint density at radius 3 is 2.74 bits per heavy atom. The van der Waals surface area contributed by atoms with Gasteiger partial charge in [0.1, 0.15) is 6.54 Å². The number of nitrogens with zero attached hydrogens (tertiary/aromatic N) is 2. The number of non-ortho nitro benzene ring substituents is 1. The lowest BCUT2D eigenvalue weighted by molar-refractivity contribution is -0.385. The number of nitro benzene ring substituents is 1. The predicted octanol–water partition coefficient (Wildman–Crippen LogP) is 2.02. The largest absolute Gasteiger partial charge is 0.405 e. The highest BCUT2D eigenvalue weighted by atomic mass is 19.4. The molecule has 2 rings (SSSR count). The van der Waals surface area contributed by atoms with Crippen molar-refractivity contribution in [1.29, 1.82) is 0 Å². The Balaban J connectivity index is 2.04. The second kappa shape index (κ2) is 6.53. The number of rotatable bonds is 4. The average Bonchev–Trinajstić information content (AvgIpc) is 2.49. The quantitative estimate of drug-likeness (QED) is 0.676. The molecule has 1 atom stereocenters. The number of benzene rings is 1. The summed E-state index contributed by atoms with van der Waals surface area (Å²) in [4.78, 5) is 23.8. The molecule has 1 aliphatic rings. The highest BCUT2D eigenvalue weighted by Crippen LogP contribution is 2.25. The molecule has 1 aromatic carbocycles. The number of alkyl halides is 3. The SMILES string of the molecule is C[C@H](C(=O)NCC(F)(F)F)N1CCc2ccc([N+](=O)[O-])cc2C1. The molecule has 0 fully saturated rings. The molecule has 9 heteroatoms. The first-order chi connectivity index (χ1) is 10.7. The minimum Gasteiger partial charge on any atom is -0.346 e. The summed E-state index contributed by atoms with van der Waals surface area (Å²) in [6.07, 6.45) is -3.87. The van der Waals surface area contributed by atoms with Crippen LogP contribution in [0.5, 0.6) is 0 Å². The zero-order valence-corrected chi connectivity index (χ0v) is 12.4. The Hall–Kier alpha value is -2.16. The van der Waals surface area contributed by atoms with Crippen molar-refractivity contribution >= 4 is 11.6 Å². The van der Waals surface area contributed by atoms with Crippen molar-refractivity contribution in [3.8, 4) is 0 Å². The van der Waals surface area contributed by atoms with E-state index in [-0.39, 0.29) is 12.2 Å². The van der Waals surface area contributed by atoms with Gasteiger partial charge in [0, 0.05) is 25.2 Å². The van der Waals surface area contributed by atoms with E-state index in [1.54, 1.807) is 11.0 Å². The van der Waals surface area contributed by atoms with Gasteiger partial charge in [-0.1, -0.05) is 6.07 Å². The number of nitrogens with one attached hydrogen (secondary N) is 1. The molecule has 1 N–H and O–H groups in total. The molecule has 23 heavy (non-hydrogen) atoms. The van der Waals surface area contributed by atoms with Crippen LogP contribution in [0.3, 0.4) is 0 Å². The smallest absolute Gasteiger partial charge is 0.346 e. The highest BCUT2D eigenvalue weighted by Gasteiger charge is 2.31. The molecule has 0 saturated heterocycles. The van der Waals surface area contributed by atoms with Crippen LogP contribution in [0.25, 0.3) is 0 Å². The molecule has 1 aliphatic heterocycles. The summed E-state index contributed by atoms with van der Waals surface area (Å²) in [5.41, 5.74) is 1.63. The van der Waals surface area contributed by atoms with E-state index < -0.39 is 29.6 Å². The topological polar surface area (TPSA) is 75.5 Å². The van der Waals surface area contributed by atoms with E-state index in [1.807, 2.05) is 5.32 Å². The summed E-state index contributed by atoms with van der Waals surface area (Å²) in [6.45, 7) is 0.948. The molecule has 126 valence electrons. The maximum atomic E-state index is 12.1. The van der Waals surface area contributed by atoms with Crippen molar-refractivity contribution in [3.63, 3.8) is 0 Å². The number of amides is 1. The van der Waals surface area contributed by atoms with Crippen molar-refractivity contribution in [3.05, 3.63) is 39.4 Å². The van der Waals surface area contributed by atoms with Crippen LogP contribution in [-0.4, -0.2) is 41.0 Å². The van der Waals surface area contributed by atoms with Gasteiger partial charge in [0.05, 0.1) is 11.0 Å². The second-order valence-corrected chi connectivity index (χ2v) is 5.44. The van der Waals surface area contributed by atoms with E-state index in [9.17, 15) is 28.1 Å². The van der Waals surface area contributed by atoms with Gasteiger partial charge in [0.25, 0.3) is 5.69 Å². The second-order valence-electron chi connectivity index (χ2n) is 5.44. The number of hydrogen-bond acceptors (Lipinski definition) is 4. The average molecular weight is 331 g/mol.